The van der Waals surface area contributed by atoms with Crippen LogP contribution < -0.4 is 0 Å². The summed E-state index contributed by atoms with van der Waals surface area (Å²) in [4.78, 5) is 51.4. The van der Waals surface area contributed by atoms with Gasteiger partial charge in [0.05, 0.1) is 6.61 Å². The largest absolute Gasteiger partial charge is 0.479 e. The average Bonchev–Trinajstić information content (AvgIpc) is 3.58. The van der Waals surface area contributed by atoms with Crippen molar-refractivity contribution in [3.05, 3.63) is 60.8 Å². The molecule has 0 saturated carbocycles. The van der Waals surface area contributed by atoms with Gasteiger partial charge in [-0.15, -0.1) is 0 Å². The standard InChI is InChI=1S/C71H124O12/c1-4-7-10-13-16-19-22-25-28-30-32-34-37-39-42-45-48-51-54-57-63(72)79-60-62(81-64(73)58-55-52-49-46-43-41-38-35-33-31-29-26-23-20-17-14-11-8-5-2)61-80-71-69(67(76)66(75)68(83-71)70(77)78)82-65(74)59-56-53-50-47-44-40-36-27-24-21-18-15-12-9-6-3/h7,10,16,19,25-26,28-29,32,34,62,66-69,71,75-76H,4-6,8-9,11-15,17-18,20-24,27,30-31,33,35-61H2,1-3H3,(H,77,78)/b10-7-,19-16-,28-25-,29-26-,34-32-. The van der Waals surface area contributed by atoms with Crippen molar-refractivity contribution in [1.82, 2.24) is 0 Å². The highest BCUT2D eigenvalue weighted by Gasteiger charge is 2.50. The summed E-state index contributed by atoms with van der Waals surface area (Å²) in [5.74, 6) is -3.11. The Bertz CT molecular complexity index is 1670. The van der Waals surface area contributed by atoms with E-state index in [1.165, 1.54) is 148 Å². The number of ether oxygens (including phenoxy) is 5. The van der Waals surface area contributed by atoms with Crippen LogP contribution in [0.2, 0.25) is 0 Å². The van der Waals surface area contributed by atoms with Gasteiger partial charge in [-0.1, -0.05) is 274 Å². The number of aliphatic hydroxyl groups excluding tert-OH is 2. The van der Waals surface area contributed by atoms with Crippen molar-refractivity contribution < 1.29 is 58.2 Å². The number of aliphatic carboxylic acids is 1. The number of carboxylic acids is 1. The molecule has 6 atom stereocenters. The molecule has 1 rings (SSSR count). The van der Waals surface area contributed by atoms with Crippen LogP contribution >= 0.6 is 0 Å². The lowest BCUT2D eigenvalue weighted by molar-refractivity contribution is -0.301. The van der Waals surface area contributed by atoms with Crippen molar-refractivity contribution >= 4 is 23.9 Å². The summed E-state index contributed by atoms with van der Waals surface area (Å²) in [7, 11) is 0. The van der Waals surface area contributed by atoms with Gasteiger partial charge in [0.25, 0.3) is 0 Å². The van der Waals surface area contributed by atoms with Crippen LogP contribution in [0.1, 0.15) is 316 Å². The lowest BCUT2D eigenvalue weighted by Crippen LogP contribution is -2.61. The first-order chi connectivity index (χ1) is 40.6. The van der Waals surface area contributed by atoms with Crippen LogP contribution in [0.25, 0.3) is 0 Å². The number of carbonyl (C=O) groups excluding carboxylic acids is 3. The maximum Gasteiger partial charge on any atom is 0.335 e. The Kier molecular flexibility index (Phi) is 54.8. The third-order valence-corrected chi connectivity index (χ3v) is 15.6. The van der Waals surface area contributed by atoms with E-state index in [-0.39, 0.29) is 25.9 Å². The van der Waals surface area contributed by atoms with Gasteiger partial charge < -0.3 is 39.0 Å². The molecule has 0 radical (unpaired) electrons. The summed E-state index contributed by atoms with van der Waals surface area (Å²) in [5.41, 5.74) is 0. The van der Waals surface area contributed by atoms with Crippen LogP contribution in [-0.4, -0.2) is 89.2 Å². The van der Waals surface area contributed by atoms with E-state index < -0.39 is 67.3 Å². The van der Waals surface area contributed by atoms with Crippen molar-refractivity contribution in [2.45, 2.75) is 353 Å². The molecule has 3 N–H and O–H groups in total. The first kappa shape index (κ1) is 77.4. The highest BCUT2D eigenvalue weighted by atomic mass is 16.7. The first-order valence-corrected chi connectivity index (χ1v) is 34.3. The number of unbranched alkanes of at least 4 members (excludes halogenated alkanes) is 35. The van der Waals surface area contributed by atoms with Gasteiger partial charge in [0.1, 0.15) is 18.8 Å². The lowest BCUT2D eigenvalue weighted by atomic mass is 9.98. The molecule has 0 aliphatic carbocycles. The summed E-state index contributed by atoms with van der Waals surface area (Å²) in [6.45, 7) is 5.92. The van der Waals surface area contributed by atoms with Gasteiger partial charge in [-0.25, -0.2) is 4.79 Å². The molecule has 12 nitrogen and oxygen atoms in total. The number of aliphatic hydroxyl groups is 2. The van der Waals surface area contributed by atoms with Crippen LogP contribution in [-0.2, 0) is 42.9 Å². The Balaban J connectivity index is 2.65. The van der Waals surface area contributed by atoms with Crippen molar-refractivity contribution in [2.24, 2.45) is 0 Å². The number of carboxylic acid groups (broad SMARTS) is 1. The molecule has 1 aliphatic rings. The molecule has 0 aromatic carbocycles. The molecule has 1 heterocycles. The van der Waals surface area contributed by atoms with E-state index in [0.29, 0.717) is 19.3 Å². The van der Waals surface area contributed by atoms with Crippen LogP contribution in [0.3, 0.4) is 0 Å². The maximum absolute atomic E-state index is 13.2. The van der Waals surface area contributed by atoms with E-state index in [1.807, 2.05) is 0 Å². The molecule has 1 fully saturated rings. The molecule has 1 saturated heterocycles. The van der Waals surface area contributed by atoms with Crippen molar-refractivity contribution in [3.63, 3.8) is 0 Å². The van der Waals surface area contributed by atoms with E-state index in [1.54, 1.807) is 0 Å². The SMILES string of the molecule is CC/C=C\C/C=C\C/C=C\C/C=C\CCCCCCCCC(=O)OCC(COC1OC(C(=O)O)C(O)C(O)C1OC(=O)CCCCCCCCCCCCCCCCC)OC(=O)CCCCCCCCCCC/C=C\CCCCCCCC. The van der Waals surface area contributed by atoms with Crippen LogP contribution in [0.15, 0.2) is 60.8 Å². The smallest absolute Gasteiger partial charge is 0.335 e. The van der Waals surface area contributed by atoms with E-state index >= 15 is 0 Å². The number of hydrogen-bond donors (Lipinski definition) is 3. The molecule has 0 aromatic heterocycles. The minimum atomic E-state index is -1.90. The number of carbonyl (C=O) groups is 4. The summed E-state index contributed by atoms with van der Waals surface area (Å²) in [6.07, 6.45) is 61.7. The molecule has 0 bridgehead atoms. The zero-order valence-electron chi connectivity index (χ0n) is 53.2. The minimum Gasteiger partial charge on any atom is -0.479 e. The lowest BCUT2D eigenvalue weighted by Gasteiger charge is -2.40. The highest BCUT2D eigenvalue weighted by molar-refractivity contribution is 5.74. The average molecular weight is 1170 g/mol. The van der Waals surface area contributed by atoms with Gasteiger partial charge in [-0.2, -0.15) is 0 Å². The van der Waals surface area contributed by atoms with E-state index in [2.05, 4.69) is 81.5 Å². The van der Waals surface area contributed by atoms with E-state index in [9.17, 15) is 34.5 Å². The fourth-order valence-corrected chi connectivity index (χ4v) is 10.4. The molecule has 1 aliphatic heterocycles. The fourth-order valence-electron chi connectivity index (χ4n) is 10.4. The Hall–Kier alpha value is -3.58. The molecule has 6 unspecified atom stereocenters. The van der Waals surface area contributed by atoms with Crippen LogP contribution in [0.4, 0.5) is 0 Å². The molecule has 0 spiro atoms. The normalized spacial score (nSPS) is 17.9. The quantitative estimate of drug-likeness (QED) is 0.0228. The summed E-state index contributed by atoms with van der Waals surface area (Å²) in [5, 5.41) is 31.6. The van der Waals surface area contributed by atoms with Gasteiger partial charge in [0.15, 0.2) is 24.6 Å². The number of hydrogen-bond acceptors (Lipinski definition) is 11. The fraction of sp³-hybridized carbons (Fsp3) is 0.803. The topological polar surface area (TPSA) is 175 Å². The van der Waals surface area contributed by atoms with Gasteiger partial charge in [0.2, 0.25) is 0 Å². The third kappa shape index (κ3) is 48.3. The summed E-state index contributed by atoms with van der Waals surface area (Å²) < 4.78 is 28.6. The highest BCUT2D eigenvalue weighted by Crippen LogP contribution is 2.27. The Morgan fingerprint density at radius 1 is 0.410 bits per heavy atom. The number of rotatable bonds is 59. The zero-order chi connectivity index (χ0) is 60.3. The maximum atomic E-state index is 13.2. The molecule has 12 heteroatoms. The van der Waals surface area contributed by atoms with Crippen molar-refractivity contribution in [2.75, 3.05) is 13.2 Å². The van der Waals surface area contributed by atoms with E-state index in [4.69, 9.17) is 23.7 Å². The molecule has 0 amide bonds. The molecule has 0 aromatic rings. The summed E-state index contributed by atoms with van der Waals surface area (Å²) in [6, 6.07) is 0. The Morgan fingerprint density at radius 2 is 0.759 bits per heavy atom. The van der Waals surface area contributed by atoms with E-state index in [0.717, 1.165) is 109 Å². The van der Waals surface area contributed by atoms with Gasteiger partial charge in [-0.05, 0) is 83.5 Å². The second kappa shape index (κ2) is 58.8. The van der Waals surface area contributed by atoms with Crippen LogP contribution in [0.5, 0.6) is 0 Å². The van der Waals surface area contributed by atoms with Crippen molar-refractivity contribution in [3.8, 4) is 0 Å². The second-order valence-corrected chi connectivity index (χ2v) is 23.4. The van der Waals surface area contributed by atoms with Crippen molar-refractivity contribution in [1.29, 1.82) is 0 Å². The van der Waals surface area contributed by atoms with Gasteiger partial charge in [0, 0.05) is 19.3 Å². The monoisotopic (exact) mass is 1170 g/mol. The Morgan fingerprint density at radius 3 is 1.17 bits per heavy atom. The predicted octanol–water partition coefficient (Wildman–Crippen LogP) is 18.7. The first-order valence-electron chi connectivity index (χ1n) is 34.3. The van der Waals surface area contributed by atoms with Crippen LogP contribution in [0, 0.1) is 0 Å². The van der Waals surface area contributed by atoms with Gasteiger partial charge >= 0.3 is 23.9 Å². The molecular formula is C71H124O12. The second-order valence-electron chi connectivity index (χ2n) is 23.4. The Labute approximate surface area is 506 Å². The molecular weight excluding hydrogens is 1040 g/mol. The minimum absolute atomic E-state index is 0.0625. The molecule has 83 heavy (non-hydrogen) atoms. The number of esters is 3. The summed E-state index contributed by atoms with van der Waals surface area (Å²) >= 11 is 0. The number of allylic oxidation sites excluding steroid dienone is 10. The third-order valence-electron chi connectivity index (χ3n) is 15.6. The predicted molar refractivity (Wildman–Crippen MR) is 340 cm³/mol. The molecule has 480 valence electrons. The van der Waals surface area contributed by atoms with Gasteiger partial charge in [-0.3, -0.25) is 14.4 Å². The zero-order valence-corrected chi connectivity index (χ0v) is 53.2.